The number of rotatable bonds is 2. The molecule has 1 heterocycles. The van der Waals surface area contributed by atoms with Gasteiger partial charge in [0, 0.05) is 12.4 Å². The van der Waals surface area contributed by atoms with Gasteiger partial charge in [-0.15, -0.1) is 0 Å². The van der Waals surface area contributed by atoms with Gasteiger partial charge in [-0.2, -0.15) is 0 Å². The topological polar surface area (TPSA) is 52.5 Å². The van der Waals surface area contributed by atoms with Gasteiger partial charge in [0.25, 0.3) is 0 Å². The molecular weight excluding hydrogens is 229 g/mol. The van der Waals surface area contributed by atoms with Crippen LogP contribution < -0.4 is 0 Å². The fourth-order valence-electron chi connectivity index (χ4n) is 0.576. The van der Waals surface area contributed by atoms with Crippen LogP contribution in [0, 0.1) is 5.41 Å². The van der Waals surface area contributed by atoms with Crippen LogP contribution in [0.3, 0.4) is 0 Å². The Labute approximate surface area is 77.1 Å². The molecule has 0 aliphatic heterocycles. The Hall–Kier alpha value is -0.610. The zero-order chi connectivity index (χ0) is 8.27. The van der Waals surface area contributed by atoms with Crippen molar-refractivity contribution in [1.29, 1.82) is 5.41 Å². The number of H-pyrrole nitrogens is 1. The van der Waals surface area contributed by atoms with Gasteiger partial charge in [0.1, 0.15) is 11.0 Å². The van der Waals surface area contributed by atoms with E-state index in [4.69, 9.17) is 17.0 Å². The average Bonchev–Trinajstić information content (AvgIpc) is 2.35. The minimum Gasteiger partial charge on any atom is -0.344 e. The van der Waals surface area contributed by atoms with E-state index in [1.807, 2.05) is 0 Å². The highest BCUT2D eigenvalue weighted by Crippen LogP contribution is 2.16. The van der Waals surface area contributed by atoms with E-state index in [1.54, 1.807) is 12.4 Å². The molecule has 1 aromatic heterocycles. The lowest BCUT2D eigenvalue weighted by Crippen LogP contribution is -1.82. The third kappa shape index (κ3) is 2.48. The Morgan fingerprint density at radius 3 is 3.00 bits per heavy atom. The first-order chi connectivity index (χ1) is 5.20. The Kier molecular flexibility index (Phi) is 2.84. The molecule has 0 amide bonds. The highest BCUT2D eigenvalue weighted by Gasteiger charge is 1.98. The predicted octanol–water partition coefficient (Wildman–Crippen LogP) is 2.36. The fraction of sp³-hybridized carbons (Fsp3) is 0. The van der Waals surface area contributed by atoms with E-state index in [0.29, 0.717) is 10.3 Å². The Morgan fingerprint density at radius 1 is 1.82 bits per heavy atom. The number of imidazole rings is 1. The zero-order valence-corrected chi connectivity index (χ0v) is 7.78. The summed E-state index contributed by atoms with van der Waals surface area (Å²) in [6, 6.07) is 0. The van der Waals surface area contributed by atoms with Crippen molar-refractivity contribution in [1.82, 2.24) is 9.97 Å². The molecule has 2 N–H and O–H groups in total. The molecule has 11 heavy (non-hydrogen) atoms. The van der Waals surface area contributed by atoms with E-state index < -0.39 is 0 Å². The molecule has 58 valence electrons. The van der Waals surface area contributed by atoms with Crippen LogP contribution in [-0.4, -0.2) is 15.1 Å². The van der Waals surface area contributed by atoms with Gasteiger partial charge in [0.2, 0.25) is 0 Å². The number of halogens is 2. The van der Waals surface area contributed by atoms with Crippen molar-refractivity contribution in [2.45, 2.75) is 0 Å². The molecule has 0 fully saturated rings. The second-order valence-electron chi connectivity index (χ2n) is 1.78. The minimum atomic E-state index is -0.0340. The normalized spacial score (nSPS) is 11.6. The maximum absolute atomic E-state index is 6.94. The van der Waals surface area contributed by atoms with E-state index in [-0.39, 0.29) is 5.17 Å². The van der Waals surface area contributed by atoms with Crippen LogP contribution in [0.15, 0.2) is 18.5 Å². The van der Waals surface area contributed by atoms with Crippen LogP contribution in [0.1, 0.15) is 5.82 Å². The molecule has 5 heteroatoms. The largest absolute Gasteiger partial charge is 0.344 e. The summed E-state index contributed by atoms with van der Waals surface area (Å²) >= 11 is 8.53. The predicted molar refractivity (Wildman–Crippen MR) is 49.1 cm³/mol. The summed E-state index contributed by atoms with van der Waals surface area (Å²) in [6.45, 7) is 0. The lowest BCUT2D eigenvalue weighted by molar-refractivity contribution is 1.26. The summed E-state index contributed by atoms with van der Waals surface area (Å²) in [5.41, 5.74) is 0. The summed E-state index contributed by atoms with van der Waals surface area (Å²) < 4.78 is 0.669. The second kappa shape index (κ2) is 3.69. The first kappa shape index (κ1) is 8.49. The standard InChI is InChI=1S/C6H5BrClN3/c7-4(3-5(8)9)6-10-1-2-11-6/h1-3,9H,(H,10,11)/b4-3+,9-5?. The van der Waals surface area contributed by atoms with Crippen molar-refractivity contribution >= 4 is 37.2 Å². The molecule has 0 aliphatic carbocycles. The van der Waals surface area contributed by atoms with Crippen molar-refractivity contribution in [3.63, 3.8) is 0 Å². The van der Waals surface area contributed by atoms with Crippen molar-refractivity contribution in [3.05, 3.63) is 24.3 Å². The Balaban J connectivity index is 2.86. The van der Waals surface area contributed by atoms with Crippen LogP contribution in [0.5, 0.6) is 0 Å². The van der Waals surface area contributed by atoms with Gasteiger partial charge in [-0.25, -0.2) is 4.98 Å². The number of nitrogens with zero attached hydrogens (tertiary/aromatic N) is 1. The number of aromatic nitrogens is 2. The molecular formula is C6H5BrClN3. The van der Waals surface area contributed by atoms with E-state index >= 15 is 0 Å². The lowest BCUT2D eigenvalue weighted by Gasteiger charge is -1.90. The number of aromatic amines is 1. The van der Waals surface area contributed by atoms with Gasteiger partial charge in [-0.3, -0.25) is 5.41 Å². The number of nitrogens with one attached hydrogen (secondary N) is 2. The first-order valence-electron chi connectivity index (χ1n) is 2.81. The lowest BCUT2D eigenvalue weighted by atomic mass is 10.5. The quantitative estimate of drug-likeness (QED) is 0.758. The zero-order valence-electron chi connectivity index (χ0n) is 5.44. The summed E-state index contributed by atoms with van der Waals surface area (Å²) in [4.78, 5) is 6.80. The Bertz CT molecular complexity index is 278. The molecule has 0 unspecified atom stereocenters. The summed E-state index contributed by atoms with van der Waals surface area (Å²) in [6.07, 6.45) is 4.78. The first-order valence-corrected chi connectivity index (χ1v) is 3.98. The van der Waals surface area contributed by atoms with Crippen LogP contribution in [0.4, 0.5) is 0 Å². The smallest absolute Gasteiger partial charge is 0.144 e. The van der Waals surface area contributed by atoms with Crippen molar-refractivity contribution in [2.24, 2.45) is 0 Å². The van der Waals surface area contributed by atoms with Gasteiger partial charge in [0.05, 0.1) is 4.48 Å². The molecule has 0 aliphatic rings. The number of hydrogen-bond donors (Lipinski definition) is 2. The van der Waals surface area contributed by atoms with Gasteiger partial charge in [-0.1, -0.05) is 11.6 Å². The van der Waals surface area contributed by atoms with Crippen molar-refractivity contribution < 1.29 is 0 Å². The van der Waals surface area contributed by atoms with Gasteiger partial charge >= 0.3 is 0 Å². The Morgan fingerprint density at radius 2 is 2.55 bits per heavy atom. The summed E-state index contributed by atoms with van der Waals surface area (Å²) in [5.74, 6) is 0.662. The molecule has 0 saturated heterocycles. The molecule has 0 saturated carbocycles. The molecule has 0 spiro atoms. The van der Waals surface area contributed by atoms with Crippen molar-refractivity contribution in [2.75, 3.05) is 0 Å². The molecule has 0 bridgehead atoms. The van der Waals surface area contributed by atoms with Crippen LogP contribution in [0.2, 0.25) is 0 Å². The third-order valence-electron chi connectivity index (χ3n) is 0.978. The van der Waals surface area contributed by atoms with Gasteiger partial charge in [-0.05, 0) is 22.0 Å². The monoisotopic (exact) mass is 233 g/mol. The van der Waals surface area contributed by atoms with Gasteiger partial charge < -0.3 is 4.98 Å². The van der Waals surface area contributed by atoms with E-state index in [2.05, 4.69) is 25.9 Å². The molecule has 1 aromatic rings. The molecule has 0 atom stereocenters. The van der Waals surface area contributed by atoms with E-state index in [1.165, 1.54) is 6.08 Å². The number of hydrogen-bond acceptors (Lipinski definition) is 2. The molecule has 0 radical (unpaired) electrons. The summed E-state index contributed by atoms with van der Waals surface area (Å²) in [7, 11) is 0. The van der Waals surface area contributed by atoms with E-state index in [0.717, 1.165) is 0 Å². The maximum atomic E-state index is 6.94. The summed E-state index contributed by atoms with van der Waals surface area (Å²) in [5, 5.41) is 6.91. The molecule has 0 aromatic carbocycles. The van der Waals surface area contributed by atoms with E-state index in [9.17, 15) is 0 Å². The van der Waals surface area contributed by atoms with Crippen LogP contribution in [-0.2, 0) is 0 Å². The third-order valence-corrected chi connectivity index (χ3v) is 1.69. The van der Waals surface area contributed by atoms with Gasteiger partial charge in [0.15, 0.2) is 0 Å². The van der Waals surface area contributed by atoms with Crippen LogP contribution >= 0.6 is 27.5 Å². The van der Waals surface area contributed by atoms with Crippen molar-refractivity contribution in [3.8, 4) is 0 Å². The number of allylic oxidation sites excluding steroid dienone is 1. The maximum Gasteiger partial charge on any atom is 0.144 e. The molecule has 3 nitrogen and oxygen atoms in total. The highest BCUT2D eigenvalue weighted by atomic mass is 79.9. The highest BCUT2D eigenvalue weighted by molar-refractivity contribution is 9.15. The minimum absolute atomic E-state index is 0.0340. The average molecular weight is 234 g/mol. The van der Waals surface area contributed by atoms with Crippen LogP contribution in [0.25, 0.3) is 4.48 Å². The molecule has 1 rings (SSSR count). The SMILES string of the molecule is N=C(Cl)/C=C(/Br)c1ncc[nH]1. The fourth-order valence-corrected chi connectivity index (χ4v) is 1.26. The second-order valence-corrected chi connectivity index (χ2v) is 3.04.